The molecule has 3 N–H and O–H groups in total. The summed E-state index contributed by atoms with van der Waals surface area (Å²) in [5.41, 5.74) is -9.03. The Kier molecular flexibility index (Phi) is 10.9. The van der Waals surface area contributed by atoms with Crippen molar-refractivity contribution in [2.45, 2.75) is 147 Å². The third kappa shape index (κ3) is 6.96. The molecular formula is C46H57NO14. The predicted molar refractivity (Wildman–Crippen MR) is 215 cm³/mol. The molecule has 7 rings (SSSR count). The maximum atomic E-state index is 15.1. The van der Waals surface area contributed by atoms with Gasteiger partial charge in [-0.05, 0) is 77.3 Å². The lowest BCUT2D eigenvalue weighted by Gasteiger charge is -2.67. The molecule has 0 spiro atoms. The van der Waals surface area contributed by atoms with E-state index in [1.165, 1.54) is 30.9 Å². The zero-order chi connectivity index (χ0) is 44.8. The molecule has 2 saturated carbocycles. The summed E-state index contributed by atoms with van der Waals surface area (Å²) < 4.78 is 36.8. The van der Waals surface area contributed by atoms with Crippen LogP contribution in [0.4, 0.5) is 4.79 Å². The van der Waals surface area contributed by atoms with Crippen molar-refractivity contribution in [2.24, 2.45) is 16.7 Å². The van der Waals surface area contributed by atoms with Gasteiger partial charge in [0.1, 0.15) is 47.4 Å². The lowest BCUT2D eigenvalue weighted by molar-refractivity contribution is -0.346. The Balaban J connectivity index is 1.37. The number of benzene rings is 2. The zero-order valence-corrected chi connectivity index (χ0v) is 36.3. The maximum Gasteiger partial charge on any atom is 0.413 e. The highest BCUT2D eigenvalue weighted by molar-refractivity contribution is 5.94. The second-order valence-corrected chi connectivity index (χ2v) is 19.3. The van der Waals surface area contributed by atoms with E-state index in [9.17, 15) is 34.5 Å². The molecule has 2 aromatic rings. The second-order valence-electron chi connectivity index (χ2n) is 19.3. The third-order valence-electron chi connectivity index (χ3n) is 13.7. The van der Waals surface area contributed by atoms with Gasteiger partial charge in [0.2, 0.25) is 0 Å². The van der Waals surface area contributed by atoms with Crippen LogP contribution in [0, 0.1) is 16.7 Å². The fourth-order valence-electron chi connectivity index (χ4n) is 10.7. The van der Waals surface area contributed by atoms with E-state index in [1.807, 2.05) is 0 Å². The molecule has 2 saturated heterocycles. The molecule has 330 valence electrons. The van der Waals surface area contributed by atoms with E-state index in [-0.39, 0.29) is 29.7 Å². The molecule has 11 atom stereocenters. The smallest absolute Gasteiger partial charge is 0.413 e. The maximum absolute atomic E-state index is 15.1. The number of hydrogen-bond acceptors (Lipinski definition) is 14. The minimum absolute atomic E-state index is 0.00661. The number of carbonyl (C=O) groups is 5. The Morgan fingerprint density at radius 3 is 2.07 bits per heavy atom. The van der Waals surface area contributed by atoms with Crippen molar-refractivity contribution in [1.82, 2.24) is 4.90 Å². The van der Waals surface area contributed by atoms with Crippen molar-refractivity contribution in [1.29, 1.82) is 0 Å². The summed E-state index contributed by atoms with van der Waals surface area (Å²) in [5, 5.41) is 37.9. The lowest BCUT2D eigenvalue weighted by atomic mass is 9.44. The monoisotopic (exact) mass is 847 g/mol. The Morgan fingerprint density at radius 1 is 0.902 bits per heavy atom. The number of Topliss-reactive ketones (excluding diaryl/α,β-unsaturated/α-hetero) is 1. The average molecular weight is 848 g/mol. The van der Waals surface area contributed by atoms with Crippen molar-refractivity contribution in [3.05, 3.63) is 82.9 Å². The van der Waals surface area contributed by atoms with Crippen molar-refractivity contribution in [3.8, 4) is 0 Å². The molecule has 0 unspecified atom stereocenters. The zero-order valence-electron chi connectivity index (χ0n) is 36.3. The van der Waals surface area contributed by atoms with E-state index < -0.39 is 118 Å². The first kappa shape index (κ1) is 44.4. The highest BCUT2D eigenvalue weighted by Gasteiger charge is 2.78. The summed E-state index contributed by atoms with van der Waals surface area (Å²) in [5.74, 6) is -4.95. The summed E-state index contributed by atoms with van der Waals surface area (Å²) >= 11 is 0. The number of aliphatic hydroxyl groups excluding tert-OH is 2. The average Bonchev–Trinajstić information content (AvgIpc) is 3.47. The minimum atomic E-state index is -2.31. The summed E-state index contributed by atoms with van der Waals surface area (Å²) in [6.45, 7) is 15.5. The van der Waals surface area contributed by atoms with Gasteiger partial charge in [0.05, 0.1) is 29.6 Å². The number of carbonyl (C=O) groups excluding carboxylic acids is 5. The molecule has 2 bridgehead atoms. The van der Waals surface area contributed by atoms with Crippen LogP contribution in [0.2, 0.25) is 0 Å². The molecule has 15 nitrogen and oxygen atoms in total. The largest absolute Gasteiger partial charge is 0.456 e. The highest BCUT2D eigenvalue weighted by Crippen LogP contribution is 2.64. The molecule has 4 fully saturated rings. The number of esters is 3. The number of aliphatic hydroxyl groups is 3. The Hall–Kier alpha value is -4.67. The molecular weight excluding hydrogens is 790 g/mol. The number of ether oxygens (including phenoxy) is 6. The van der Waals surface area contributed by atoms with E-state index in [1.54, 1.807) is 104 Å². The first-order chi connectivity index (χ1) is 28.3. The van der Waals surface area contributed by atoms with Crippen molar-refractivity contribution in [3.63, 3.8) is 0 Å². The van der Waals surface area contributed by atoms with Gasteiger partial charge in [-0.2, -0.15) is 0 Å². The summed E-state index contributed by atoms with van der Waals surface area (Å²) in [6.07, 6.45) is -10.4. The fourth-order valence-corrected chi connectivity index (χ4v) is 10.7. The highest BCUT2D eigenvalue weighted by atomic mass is 16.6. The summed E-state index contributed by atoms with van der Waals surface area (Å²) in [7, 11) is 0. The SMILES string of the molecule is CC(=O)O[C@@]12CO[C@@H]1C[C@H](O)[C@@]1(C)C(=O)[C@H](O)C3=C(C)[C@@H](OC(=O)[C@@H]4OC(C)(C)N(C(=O)OC(C)(C)C)[C@H]4c4ccccc4)C[C@@](O)([C@@H](OC(=O)c4ccccc4)[C@H]21)C3(C)C. The van der Waals surface area contributed by atoms with Crippen LogP contribution in [0.1, 0.15) is 104 Å². The fraction of sp³-hybridized carbons (Fsp3) is 0.587. The standard InChI is InChI=1S/C46H57NO14/c1-24-28(57-39(53)34-32(26-17-13-11-14-18-26)47(43(8,9)60-34)40(54)61-41(3,4)5)22-46(55)37(58-38(52)27-19-15-12-16-20-27)35-44(10,36(51)33(50)31(24)42(46,6)7)29(49)21-30-45(35,23-56-30)59-25(2)48/h11-20,28-30,32-35,37,49-50,55H,21-23H2,1-10H3/t28-,29-,30+,32-,33+,34+,35-,37-,44+,45-,46+/m0/s1. The lowest BCUT2D eigenvalue weighted by Crippen LogP contribution is -2.81. The van der Waals surface area contributed by atoms with Gasteiger partial charge >= 0.3 is 24.0 Å². The van der Waals surface area contributed by atoms with Crippen LogP contribution >= 0.6 is 0 Å². The molecule has 2 aliphatic heterocycles. The second kappa shape index (κ2) is 15.0. The predicted octanol–water partition coefficient (Wildman–Crippen LogP) is 4.75. The van der Waals surface area contributed by atoms with Crippen molar-refractivity contribution < 1.29 is 67.7 Å². The molecule has 2 aromatic carbocycles. The first-order valence-electron chi connectivity index (χ1n) is 20.7. The molecule has 0 radical (unpaired) electrons. The van der Waals surface area contributed by atoms with Gasteiger partial charge in [-0.1, -0.05) is 62.4 Å². The third-order valence-corrected chi connectivity index (χ3v) is 13.7. The Morgan fingerprint density at radius 2 is 1.51 bits per heavy atom. The topological polar surface area (TPSA) is 205 Å². The normalized spacial score (nSPS) is 36.3. The number of amides is 1. The van der Waals surface area contributed by atoms with Gasteiger partial charge in [-0.15, -0.1) is 0 Å². The molecule has 1 amide bonds. The van der Waals surface area contributed by atoms with Crippen molar-refractivity contribution >= 4 is 29.8 Å². The van der Waals surface area contributed by atoms with Crippen LogP contribution in [0.15, 0.2) is 71.8 Å². The van der Waals surface area contributed by atoms with Crippen LogP contribution in [0.3, 0.4) is 0 Å². The minimum Gasteiger partial charge on any atom is -0.456 e. The molecule has 3 aliphatic carbocycles. The van der Waals surface area contributed by atoms with E-state index in [2.05, 4.69) is 0 Å². The van der Waals surface area contributed by atoms with E-state index in [0.29, 0.717) is 5.56 Å². The first-order valence-corrected chi connectivity index (χ1v) is 20.7. The van der Waals surface area contributed by atoms with Gasteiger partial charge in [0.25, 0.3) is 0 Å². The van der Waals surface area contributed by atoms with Crippen LogP contribution < -0.4 is 0 Å². The van der Waals surface area contributed by atoms with E-state index in [0.717, 1.165) is 0 Å². The molecule has 61 heavy (non-hydrogen) atoms. The number of nitrogens with zero attached hydrogens (tertiary/aromatic N) is 1. The quantitative estimate of drug-likeness (QED) is 0.204. The number of fused-ring (bicyclic) bond motifs is 5. The van der Waals surface area contributed by atoms with Gasteiger partial charge in [0, 0.05) is 25.2 Å². The Bertz CT molecular complexity index is 2130. The van der Waals surface area contributed by atoms with Gasteiger partial charge in [-0.25, -0.2) is 14.4 Å². The van der Waals surface area contributed by atoms with Gasteiger partial charge in [0.15, 0.2) is 17.5 Å². The summed E-state index contributed by atoms with van der Waals surface area (Å²) in [4.78, 5) is 72.2. The molecule has 5 aliphatic rings. The summed E-state index contributed by atoms with van der Waals surface area (Å²) in [6, 6.07) is 15.7. The van der Waals surface area contributed by atoms with Crippen LogP contribution in [-0.4, -0.2) is 116 Å². The number of ketones is 1. The molecule has 0 aromatic heterocycles. The Labute approximate surface area is 355 Å². The van der Waals surface area contributed by atoms with Crippen LogP contribution in [-0.2, 0) is 42.8 Å². The van der Waals surface area contributed by atoms with Crippen LogP contribution in [0.5, 0.6) is 0 Å². The van der Waals surface area contributed by atoms with Gasteiger partial charge < -0.3 is 43.7 Å². The molecule has 2 heterocycles. The van der Waals surface area contributed by atoms with Crippen LogP contribution in [0.25, 0.3) is 0 Å². The number of rotatable bonds is 6. The molecule has 15 heteroatoms. The van der Waals surface area contributed by atoms with E-state index >= 15 is 4.79 Å². The number of hydrogen-bond donors (Lipinski definition) is 3. The van der Waals surface area contributed by atoms with Gasteiger partial charge in [-0.3, -0.25) is 14.5 Å². The van der Waals surface area contributed by atoms with Crippen molar-refractivity contribution in [2.75, 3.05) is 6.61 Å². The van der Waals surface area contributed by atoms with E-state index in [4.69, 9.17) is 28.4 Å².